The van der Waals surface area contributed by atoms with E-state index in [2.05, 4.69) is 0 Å². The number of amides is 2. The third-order valence-electron chi connectivity index (χ3n) is 3.17. The number of carbonyl (C=O) groups excluding carboxylic acids is 2. The number of nitrogens with two attached hydrogens (primary N) is 1. The van der Waals surface area contributed by atoms with Crippen LogP contribution in [0.1, 0.15) is 28.8 Å². The van der Waals surface area contributed by atoms with Crippen LogP contribution in [0, 0.1) is 0 Å². The lowest BCUT2D eigenvalue weighted by atomic mass is 10.1. The van der Waals surface area contributed by atoms with Gasteiger partial charge in [0.2, 0.25) is 5.91 Å². The molecular formula is C13H14N2O4. The maximum atomic E-state index is 12.1. The van der Waals surface area contributed by atoms with Gasteiger partial charge in [-0.25, -0.2) is 4.79 Å². The quantitative estimate of drug-likeness (QED) is 0.800. The molecule has 1 aromatic carbocycles. The molecule has 6 nitrogen and oxygen atoms in total. The van der Waals surface area contributed by atoms with E-state index in [9.17, 15) is 19.5 Å². The van der Waals surface area contributed by atoms with Gasteiger partial charge in [0, 0.05) is 18.5 Å². The smallest absolute Gasteiger partial charge is 0.326 e. The number of hydrogen-bond acceptors (Lipinski definition) is 3. The molecular weight excluding hydrogens is 248 g/mol. The first-order valence-electron chi connectivity index (χ1n) is 5.90. The van der Waals surface area contributed by atoms with Crippen molar-refractivity contribution in [3.05, 3.63) is 35.4 Å². The molecule has 0 aromatic heterocycles. The van der Waals surface area contributed by atoms with Gasteiger partial charge in [0.1, 0.15) is 6.04 Å². The number of hydrogen-bond donors (Lipinski definition) is 2. The van der Waals surface area contributed by atoms with Crippen LogP contribution in [-0.4, -0.2) is 33.8 Å². The van der Waals surface area contributed by atoms with Gasteiger partial charge in [-0.1, -0.05) is 18.2 Å². The Morgan fingerprint density at radius 1 is 1.37 bits per heavy atom. The van der Waals surface area contributed by atoms with Gasteiger partial charge >= 0.3 is 5.97 Å². The summed E-state index contributed by atoms with van der Waals surface area (Å²) in [6.07, 6.45) is -0.0263. The Labute approximate surface area is 109 Å². The average Bonchev–Trinajstić information content (AvgIpc) is 2.67. The molecule has 0 spiro atoms. The van der Waals surface area contributed by atoms with E-state index >= 15 is 0 Å². The molecule has 1 aromatic rings. The molecule has 0 aliphatic carbocycles. The van der Waals surface area contributed by atoms with E-state index in [1.54, 1.807) is 24.3 Å². The van der Waals surface area contributed by atoms with Crippen molar-refractivity contribution < 1.29 is 19.5 Å². The Hall–Kier alpha value is -2.37. The van der Waals surface area contributed by atoms with Crippen LogP contribution in [0.3, 0.4) is 0 Å². The van der Waals surface area contributed by atoms with Crippen LogP contribution in [0.15, 0.2) is 24.3 Å². The zero-order valence-electron chi connectivity index (χ0n) is 10.2. The van der Waals surface area contributed by atoms with E-state index in [1.807, 2.05) is 0 Å². The van der Waals surface area contributed by atoms with Crippen LogP contribution in [0.2, 0.25) is 0 Å². The molecule has 0 fully saturated rings. The fourth-order valence-corrected chi connectivity index (χ4v) is 2.22. The van der Waals surface area contributed by atoms with Crippen molar-refractivity contribution in [3.63, 3.8) is 0 Å². The number of primary amides is 1. The van der Waals surface area contributed by atoms with Gasteiger partial charge in [0.05, 0.1) is 0 Å². The van der Waals surface area contributed by atoms with E-state index < -0.39 is 17.9 Å². The molecule has 2 rings (SSSR count). The zero-order chi connectivity index (χ0) is 14.0. The predicted octanol–water partition coefficient (Wildman–Crippen LogP) is 0.361. The predicted molar refractivity (Wildman–Crippen MR) is 66.2 cm³/mol. The molecule has 3 N–H and O–H groups in total. The zero-order valence-corrected chi connectivity index (χ0v) is 10.2. The summed E-state index contributed by atoms with van der Waals surface area (Å²) in [5.74, 6) is -2.01. The maximum absolute atomic E-state index is 12.1. The van der Waals surface area contributed by atoms with Crippen molar-refractivity contribution in [3.8, 4) is 0 Å². The molecule has 2 amide bonds. The molecule has 0 saturated carbocycles. The highest BCUT2D eigenvalue weighted by Crippen LogP contribution is 2.25. The summed E-state index contributed by atoms with van der Waals surface area (Å²) in [5.41, 5.74) is 6.35. The summed E-state index contributed by atoms with van der Waals surface area (Å²) < 4.78 is 0. The Balaban J connectivity index is 2.19. The molecule has 1 aliphatic rings. The highest BCUT2D eigenvalue weighted by molar-refractivity contribution is 6.00. The minimum Gasteiger partial charge on any atom is -0.480 e. The largest absolute Gasteiger partial charge is 0.480 e. The second-order valence-electron chi connectivity index (χ2n) is 4.45. The van der Waals surface area contributed by atoms with Crippen LogP contribution in [0.5, 0.6) is 0 Å². The summed E-state index contributed by atoms with van der Waals surface area (Å²) in [6.45, 7) is 0.255. The first-order valence-corrected chi connectivity index (χ1v) is 5.90. The summed E-state index contributed by atoms with van der Waals surface area (Å²) in [6, 6.07) is 5.98. The van der Waals surface area contributed by atoms with Gasteiger partial charge in [-0.15, -0.1) is 0 Å². The lowest BCUT2D eigenvalue weighted by Crippen LogP contribution is -2.41. The Bertz CT molecular complexity index is 541. The van der Waals surface area contributed by atoms with Gasteiger partial charge in [-0.2, -0.15) is 0 Å². The topological polar surface area (TPSA) is 101 Å². The Kier molecular flexibility index (Phi) is 3.50. The summed E-state index contributed by atoms with van der Waals surface area (Å²) in [7, 11) is 0. The summed E-state index contributed by atoms with van der Waals surface area (Å²) in [4.78, 5) is 35.4. The molecule has 6 heteroatoms. The monoisotopic (exact) mass is 262 g/mol. The average molecular weight is 262 g/mol. The standard InChI is InChI=1S/C13H14N2O4/c14-11(16)6-5-10(13(18)19)15-7-8-3-1-2-4-9(8)12(15)17/h1-4,10H,5-7H2,(H2,14,16)(H,18,19)/t10-/m1/s1. The number of rotatable bonds is 5. The lowest BCUT2D eigenvalue weighted by Gasteiger charge is -2.23. The number of fused-ring (bicyclic) bond motifs is 1. The van der Waals surface area contributed by atoms with Crippen LogP contribution in [-0.2, 0) is 16.1 Å². The highest BCUT2D eigenvalue weighted by atomic mass is 16.4. The van der Waals surface area contributed by atoms with Crippen molar-refractivity contribution in [1.82, 2.24) is 4.90 Å². The highest BCUT2D eigenvalue weighted by Gasteiger charge is 2.35. The minimum absolute atomic E-state index is 0.0321. The van der Waals surface area contributed by atoms with Crippen LogP contribution < -0.4 is 5.73 Å². The summed E-state index contributed by atoms with van der Waals surface area (Å²) >= 11 is 0. The van der Waals surface area contributed by atoms with Crippen molar-refractivity contribution in [1.29, 1.82) is 0 Å². The van der Waals surface area contributed by atoms with E-state index in [1.165, 1.54) is 4.90 Å². The number of nitrogens with zero attached hydrogens (tertiary/aromatic N) is 1. The maximum Gasteiger partial charge on any atom is 0.326 e. The fourth-order valence-electron chi connectivity index (χ4n) is 2.22. The lowest BCUT2D eigenvalue weighted by molar-refractivity contribution is -0.142. The van der Waals surface area contributed by atoms with Crippen molar-refractivity contribution in [2.24, 2.45) is 5.73 Å². The molecule has 1 atom stereocenters. The van der Waals surface area contributed by atoms with Gasteiger partial charge < -0.3 is 15.7 Å². The molecule has 0 bridgehead atoms. The second-order valence-corrected chi connectivity index (χ2v) is 4.45. The van der Waals surface area contributed by atoms with Crippen molar-refractivity contribution in [2.75, 3.05) is 0 Å². The first-order chi connectivity index (χ1) is 9.00. The molecule has 19 heavy (non-hydrogen) atoms. The summed E-state index contributed by atoms with van der Waals surface area (Å²) in [5, 5.41) is 9.20. The van der Waals surface area contributed by atoms with Crippen LogP contribution in [0.4, 0.5) is 0 Å². The second kappa shape index (κ2) is 5.09. The van der Waals surface area contributed by atoms with Crippen LogP contribution >= 0.6 is 0 Å². The van der Waals surface area contributed by atoms with Crippen molar-refractivity contribution >= 4 is 17.8 Å². The normalized spacial score (nSPS) is 15.2. The van der Waals surface area contributed by atoms with E-state index in [0.717, 1.165) is 5.56 Å². The fraction of sp³-hybridized carbons (Fsp3) is 0.308. The number of benzene rings is 1. The Morgan fingerprint density at radius 3 is 2.63 bits per heavy atom. The molecule has 1 aliphatic heterocycles. The van der Waals surface area contributed by atoms with Gasteiger partial charge in [-0.05, 0) is 18.1 Å². The van der Waals surface area contributed by atoms with Gasteiger partial charge in [0.15, 0.2) is 0 Å². The third kappa shape index (κ3) is 2.57. The molecule has 100 valence electrons. The number of carboxylic acid groups (broad SMARTS) is 1. The first kappa shape index (κ1) is 13.1. The SMILES string of the molecule is NC(=O)CC[C@H](C(=O)O)N1Cc2ccccc2C1=O. The van der Waals surface area contributed by atoms with E-state index in [4.69, 9.17) is 5.73 Å². The molecule has 1 heterocycles. The Morgan fingerprint density at radius 2 is 2.05 bits per heavy atom. The van der Waals surface area contributed by atoms with Gasteiger partial charge in [-0.3, -0.25) is 9.59 Å². The minimum atomic E-state index is -1.12. The molecule has 0 unspecified atom stereocenters. The number of carboxylic acids is 1. The molecule has 0 saturated heterocycles. The number of carbonyl (C=O) groups is 3. The van der Waals surface area contributed by atoms with Crippen molar-refractivity contribution in [2.45, 2.75) is 25.4 Å². The molecule has 0 radical (unpaired) electrons. The van der Waals surface area contributed by atoms with E-state index in [0.29, 0.717) is 5.56 Å². The van der Waals surface area contributed by atoms with Gasteiger partial charge in [0.25, 0.3) is 5.91 Å². The van der Waals surface area contributed by atoms with E-state index in [-0.39, 0.29) is 25.3 Å². The van der Waals surface area contributed by atoms with Crippen LogP contribution in [0.25, 0.3) is 0 Å². The third-order valence-corrected chi connectivity index (χ3v) is 3.17. The number of aliphatic carboxylic acids is 1.